The molecule has 1 aromatic heterocycles. The molecular formula is C18H17F3N2O3. The van der Waals surface area contributed by atoms with Crippen LogP contribution in [0.1, 0.15) is 25.7 Å². The summed E-state index contributed by atoms with van der Waals surface area (Å²) in [5.41, 5.74) is -0.544. The Bertz CT molecular complexity index is 842. The molecule has 5 nitrogen and oxygen atoms in total. The summed E-state index contributed by atoms with van der Waals surface area (Å²) in [4.78, 5) is 15.7. The van der Waals surface area contributed by atoms with Crippen LogP contribution < -0.4 is 10.1 Å². The molecule has 0 radical (unpaired) electrons. The van der Waals surface area contributed by atoms with Crippen molar-refractivity contribution < 1.29 is 27.4 Å². The standard InChI is InChI=1S/C18H17F3N2O3/c19-18(20,21)16(24)26-17-8-7-12(23-17)9-13(10-17)25-15-6-5-11-3-1-2-4-14(11)22-15/h1-6,12-13,23H,7-10H2/t12-,13+,17+/m0/s1. The number of carbonyl (C=O) groups excluding carboxylic acids is 1. The molecule has 2 aliphatic heterocycles. The number of carbonyl (C=O) groups is 1. The Kier molecular flexibility index (Phi) is 4.02. The van der Waals surface area contributed by atoms with Gasteiger partial charge in [-0.1, -0.05) is 18.2 Å². The van der Waals surface area contributed by atoms with Gasteiger partial charge in [-0.15, -0.1) is 0 Å². The van der Waals surface area contributed by atoms with E-state index in [4.69, 9.17) is 9.47 Å². The van der Waals surface area contributed by atoms with E-state index in [0.29, 0.717) is 25.1 Å². The Morgan fingerprint density at radius 1 is 1.23 bits per heavy atom. The number of benzene rings is 1. The highest BCUT2D eigenvalue weighted by Gasteiger charge is 2.53. The molecule has 3 atom stereocenters. The predicted molar refractivity (Wildman–Crippen MR) is 86.4 cm³/mol. The molecule has 1 N–H and O–H groups in total. The van der Waals surface area contributed by atoms with Gasteiger partial charge in [-0.25, -0.2) is 9.78 Å². The molecule has 2 saturated heterocycles. The maximum Gasteiger partial charge on any atom is 0.490 e. The topological polar surface area (TPSA) is 60.5 Å². The number of nitrogens with zero attached hydrogens (tertiary/aromatic N) is 1. The van der Waals surface area contributed by atoms with Crippen LogP contribution >= 0.6 is 0 Å². The van der Waals surface area contributed by atoms with Crippen LogP contribution in [-0.4, -0.2) is 35.0 Å². The summed E-state index contributed by atoms with van der Waals surface area (Å²) >= 11 is 0. The Morgan fingerprint density at radius 2 is 2.04 bits per heavy atom. The number of esters is 1. The van der Waals surface area contributed by atoms with Gasteiger partial charge in [-0.3, -0.25) is 5.32 Å². The van der Waals surface area contributed by atoms with E-state index in [9.17, 15) is 18.0 Å². The lowest BCUT2D eigenvalue weighted by Gasteiger charge is -2.38. The van der Waals surface area contributed by atoms with Crippen molar-refractivity contribution in [3.8, 4) is 5.88 Å². The molecule has 0 spiro atoms. The van der Waals surface area contributed by atoms with Crippen LogP contribution in [0.15, 0.2) is 36.4 Å². The van der Waals surface area contributed by atoms with Gasteiger partial charge in [0.25, 0.3) is 0 Å². The van der Waals surface area contributed by atoms with Gasteiger partial charge in [-0.05, 0) is 18.6 Å². The average Bonchev–Trinajstić information content (AvgIpc) is 2.88. The van der Waals surface area contributed by atoms with Crippen LogP contribution in [0, 0.1) is 0 Å². The number of rotatable bonds is 3. The molecule has 138 valence electrons. The summed E-state index contributed by atoms with van der Waals surface area (Å²) in [5.74, 6) is -1.76. The second-order valence-corrected chi connectivity index (χ2v) is 6.78. The zero-order valence-corrected chi connectivity index (χ0v) is 13.8. The first-order chi connectivity index (χ1) is 12.3. The maximum absolute atomic E-state index is 12.6. The highest BCUT2D eigenvalue weighted by Crippen LogP contribution is 2.39. The van der Waals surface area contributed by atoms with E-state index < -0.39 is 17.9 Å². The van der Waals surface area contributed by atoms with Crippen LogP contribution in [0.3, 0.4) is 0 Å². The second-order valence-electron chi connectivity index (χ2n) is 6.78. The van der Waals surface area contributed by atoms with E-state index in [1.54, 1.807) is 6.07 Å². The molecule has 0 amide bonds. The smallest absolute Gasteiger partial charge is 0.474 e. The monoisotopic (exact) mass is 366 g/mol. The van der Waals surface area contributed by atoms with E-state index in [1.807, 2.05) is 30.3 Å². The van der Waals surface area contributed by atoms with Crippen LogP contribution in [-0.2, 0) is 9.53 Å². The average molecular weight is 366 g/mol. The maximum atomic E-state index is 12.6. The lowest BCUT2D eigenvalue weighted by molar-refractivity contribution is -0.219. The minimum Gasteiger partial charge on any atom is -0.474 e. The minimum absolute atomic E-state index is 0.0461. The number of aromatic nitrogens is 1. The molecule has 3 heterocycles. The van der Waals surface area contributed by atoms with E-state index in [1.165, 1.54) is 0 Å². The number of nitrogens with one attached hydrogen (secondary N) is 1. The van der Waals surface area contributed by atoms with Gasteiger partial charge < -0.3 is 9.47 Å². The predicted octanol–water partition coefficient (Wildman–Crippen LogP) is 3.33. The first-order valence-corrected chi connectivity index (χ1v) is 8.43. The van der Waals surface area contributed by atoms with Crippen molar-refractivity contribution in [2.24, 2.45) is 0 Å². The lowest BCUT2D eigenvalue weighted by atomic mass is 9.99. The fourth-order valence-corrected chi connectivity index (χ4v) is 3.76. The van der Waals surface area contributed by atoms with Gasteiger partial charge in [-0.2, -0.15) is 13.2 Å². The molecule has 0 saturated carbocycles. The number of alkyl halides is 3. The van der Waals surface area contributed by atoms with Crippen LogP contribution in [0.25, 0.3) is 10.9 Å². The van der Waals surface area contributed by atoms with Crippen LogP contribution in [0.2, 0.25) is 0 Å². The zero-order valence-electron chi connectivity index (χ0n) is 13.8. The molecule has 2 bridgehead atoms. The fraction of sp³-hybridized carbons (Fsp3) is 0.444. The quantitative estimate of drug-likeness (QED) is 0.845. The van der Waals surface area contributed by atoms with Crippen molar-refractivity contribution in [3.05, 3.63) is 36.4 Å². The third-order valence-electron chi connectivity index (χ3n) is 4.85. The van der Waals surface area contributed by atoms with Gasteiger partial charge in [0.2, 0.25) is 5.88 Å². The molecule has 8 heteroatoms. The number of hydrogen-bond donors (Lipinski definition) is 1. The Hall–Kier alpha value is -2.35. The van der Waals surface area contributed by atoms with E-state index in [0.717, 1.165) is 10.9 Å². The molecule has 2 aromatic rings. The summed E-state index contributed by atoms with van der Waals surface area (Å²) in [6, 6.07) is 11.1. The number of ether oxygens (including phenoxy) is 2. The molecule has 1 aromatic carbocycles. The van der Waals surface area contributed by atoms with Crippen molar-refractivity contribution in [1.29, 1.82) is 0 Å². The van der Waals surface area contributed by atoms with Gasteiger partial charge in [0.05, 0.1) is 5.52 Å². The van der Waals surface area contributed by atoms with Crippen LogP contribution in [0.4, 0.5) is 13.2 Å². The summed E-state index contributed by atoms with van der Waals surface area (Å²) in [7, 11) is 0. The molecular weight excluding hydrogens is 349 g/mol. The largest absolute Gasteiger partial charge is 0.490 e. The minimum atomic E-state index is -5.01. The van der Waals surface area contributed by atoms with Gasteiger partial charge >= 0.3 is 12.1 Å². The van der Waals surface area contributed by atoms with Gasteiger partial charge in [0.15, 0.2) is 5.72 Å². The van der Waals surface area contributed by atoms with Crippen molar-refractivity contribution in [2.45, 2.75) is 49.7 Å². The summed E-state index contributed by atoms with van der Waals surface area (Å²) in [6.07, 6.45) is -3.64. The second kappa shape index (κ2) is 6.12. The molecule has 4 rings (SSSR count). The SMILES string of the molecule is O=C(O[C@]12CC[C@@H](C[C@@H](Oc3ccc4ccccc4n3)C1)N2)C(F)(F)F. The summed E-state index contributed by atoms with van der Waals surface area (Å²) in [6.45, 7) is 0. The van der Waals surface area contributed by atoms with Crippen molar-refractivity contribution >= 4 is 16.9 Å². The number of piperidine rings is 1. The normalized spacial score (nSPS) is 28.1. The Balaban J connectivity index is 1.50. The van der Waals surface area contributed by atoms with Crippen molar-refractivity contribution in [2.75, 3.05) is 0 Å². The third kappa shape index (κ3) is 3.33. The third-order valence-corrected chi connectivity index (χ3v) is 4.85. The summed E-state index contributed by atoms with van der Waals surface area (Å²) in [5, 5.41) is 3.98. The van der Waals surface area contributed by atoms with E-state index in [-0.39, 0.29) is 18.6 Å². The first-order valence-electron chi connectivity index (χ1n) is 8.43. The van der Waals surface area contributed by atoms with Crippen molar-refractivity contribution in [1.82, 2.24) is 10.3 Å². The highest BCUT2D eigenvalue weighted by molar-refractivity contribution is 5.78. The lowest BCUT2D eigenvalue weighted by Crippen LogP contribution is -2.56. The molecule has 2 aliphatic rings. The molecule has 26 heavy (non-hydrogen) atoms. The molecule has 0 aliphatic carbocycles. The van der Waals surface area contributed by atoms with Crippen LogP contribution in [0.5, 0.6) is 5.88 Å². The zero-order chi connectivity index (χ0) is 18.4. The fourth-order valence-electron chi connectivity index (χ4n) is 3.76. The van der Waals surface area contributed by atoms with Gasteiger partial charge in [0.1, 0.15) is 6.10 Å². The highest BCUT2D eigenvalue weighted by atomic mass is 19.4. The number of pyridine rings is 1. The van der Waals surface area contributed by atoms with E-state index in [2.05, 4.69) is 10.3 Å². The van der Waals surface area contributed by atoms with Gasteiger partial charge in [0, 0.05) is 36.8 Å². The molecule has 2 fully saturated rings. The number of halogens is 3. The first kappa shape index (κ1) is 17.1. The molecule has 0 unspecified atom stereocenters. The van der Waals surface area contributed by atoms with E-state index >= 15 is 0 Å². The number of fused-ring (bicyclic) bond motifs is 3. The number of hydrogen-bond acceptors (Lipinski definition) is 5. The number of para-hydroxylation sites is 1. The van der Waals surface area contributed by atoms with Crippen molar-refractivity contribution in [3.63, 3.8) is 0 Å². The Morgan fingerprint density at radius 3 is 2.85 bits per heavy atom. The Labute approximate surface area is 147 Å². The summed E-state index contributed by atoms with van der Waals surface area (Å²) < 4.78 is 48.4.